The topological polar surface area (TPSA) is 66.4 Å². The van der Waals surface area contributed by atoms with Gasteiger partial charge in [0.05, 0.1) is 10.6 Å². The normalized spacial score (nSPS) is 15.0. The molecule has 4 aromatic carbocycles. The van der Waals surface area contributed by atoms with Crippen LogP contribution in [-0.4, -0.2) is 49.1 Å². The first-order valence-electron chi connectivity index (χ1n) is 11.6. The number of fused-ring (bicyclic) bond motifs is 2. The van der Waals surface area contributed by atoms with Gasteiger partial charge in [-0.2, -0.15) is 4.31 Å². The minimum atomic E-state index is -3.55. The summed E-state index contributed by atoms with van der Waals surface area (Å²) in [5.74, 6) is 0.761. The lowest BCUT2D eigenvalue weighted by Crippen LogP contribution is -2.49. The van der Waals surface area contributed by atoms with Gasteiger partial charge >= 0.3 is 0 Å². The maximum Gasteiger partial charge on any atom is 0.243 e. The van der Waals surface area contributed by atoms with Crippen LogP contribution in [-0.2, 0) is 10.0 Å². The van der Waals surface area contributed by atoms with Gasteiger partial charge in [0.25, 0.3) is 0 Å². The van der Waals surface area contributed by atoms with E-state index in [-0.39, 0.29) is 0 Å². The number of sulfonamides is 1. The second-order valence-electron chi connectivity index (χ2n) is 8.74. The standard InChI is InChI=1S/C28H24N4O2S/c33-35(34,26-12-11-22-6-2-4-8-24(22)20-26)32-17-15-31(16-18-32)28-14-13-27(29-30-28)25-10-9-21-5-1-3-7-23(21)19-25/h1-14,19-20H,15-18H2. The molecule has 0 spiro atoms. The molecule has 0 N–H and O–H groups in total. The third-order valence-corrected chi connectivity index (χ3v) is 8.51. The van der Waals surface area contributed by atoms with Gasteiger partial charge in [0.1, 0.15) is 0 Å². The van der Waals surface area contributed by atoms with Crippen molar-refractivity contribution in [1.29, 1.82) is 0 Å². The van der Waals surface area contributed by atoms with E-state index in [1.54, 1.807) is 16.4 Å². The third kappa shape index (κ3) is 4.13. The third-order valence-electron chi connectivity index (χ3n) is 6.62. The maximum absolute atomic E-state index is 13.2. The number of benzene rings is 4. The molecule has 1 aliphatic heterocycles. The second-order valence-corrected chi connectivity index (χ2v) is 10.7. The average molecular weight is 481 g/mol. The van der Waals surface area contributed by atoms with Crippen molar-refractivity contribution in [2.75, 3.05) is 31.1 Å². The zero-order valence-corrected chi connectivity index (χ0v) is 19.9. The predicted molar refractivity (Wildman–Crippen MR) is 140 cm³/mol. The SMILES string of the molecule is O=S(=O)(c1ccc2ccccc2c1)N1CCN(c2ccc(-c3ccc4ccccc4c3)nn2)CC1. The highest BCUT2D eigenvalue weighted by molar-refractivity contribution is 7.89. The van der Waals surface area contributed by atoms with Gasteiger partial charge in [-0.1, -0.05) is 66.7 Å². The predicted octanol–water partition coefficient (Wildman–Crippen LogP) is 4.96. The lowest BCUT2D eigenvalue weighted by molar-refractivity contribution is 0.383. The number of hydrogen-bond acceptors (Lipinski definition) is 5. The van der Waals surface area contributed by atoms with Crippen molar-refractivity contribution in [3.05, 3.63) is 97.1 Å². The first-order chi connectivity index (χ1) is 17.1. The average Bonchev–Trinajstić information content (AvgIpc) is 2.92. The fourth-order valence-electron chi connectivity index (χ4n) is 4.63. The summed E-state index contributed by atoms with van der Waals surface area (Å²) < 4.78 is 28.1. The van der Waals surface area contributed by atoms with Crippen LogP contribution in [0.5, 0.6) is 0 Å². The van der Waals surface area contributed by atoms with E-state index >= 15 is 0 Å². The van der Waals surface area contributed by atoms with Gasteiger partial charge in [-0.25, -0.2) is 8.42 Å². The number of hydrogen-bond donors (Lipinski definition) is 0. The van der Waals surface area contributed by atoms with Crippen LogP contribution in [0, 0.1) is 0 Å². The number of piperazine rings is 1. The van der Waals surface area contributed by atoms with Crippen LogP contribution >= 0.6 is 0 Å². The summed E-state index contributed by atoms with van der Waals surface area (Å²) in [6, 6.07) is 31.6. The number of aromatic nitrogens is 2. The van der Waals surface area contributed by atoms with Crippen molar-refractivity contribution < 1.29 is 8.42 Å². The molecule has 5 aromatic rings. The Morgan fingerprint density at radius 2 is 1.23 bits per heavy atom. The largest absolute Gasteiger partial charge is 0.352 e. The molecule has 0 unspecified atom stereocenters. The first-order valence-corrected chi connectivity index (χ1v) is 13.1. The highest BCUT2D eigenvalue weighted by Crippen LogP contribution is 2.26. The van der Waals surface area contributed by atoms with Gasteiger partial charge in [-0.3, -0.25) is 0 Å². The van der Waals surface area contributed by atoms with Crippen molar-refractivity contribution in [2.45, 2.75) is 4.90 Å². The summed E-state index contributed by atoms with van der Waals surface area (Å²) in [5, 5.41) is 13.2. The molecule has 0 aliphatic carbocycles. The fourth-order valence-corrected chi connectivity index (χ4v) is 6.09. The Bertz CT molecular complexity index is 1630. The second kappa shape index (κ2) is 8.76. The van der Waals surface area contributed by atoms with E-state index in [1.807, 2.05) is 54.6 Å². The molecule has 35 heavy (non-hydrogen) atoms. The summed E-state index contributed by atoms with van der Waals surface area (Å²) >= 11 is 0. The van der Waals surface area contributed by atoms with Gasteiger partial charge in [0, 0.05) is 31.7 Å². The van der Waals surface area contributed by atoms with Crippen LogP contribution < -0.4 is 4.90 Å². The molecule has 1 fully saturated rings. The van der Waals surface area contributed by atoms with E-state index in [1.165, 1.54) is 10.8 Å². The number of rotatable bonds is 4. The van der Waals surface area contributed by atoms with E-state index in [0.717, 1.165) is 27.8 Å². The van der Waals surface area contributed by atoms with Crippen molar-refractivity contribution in [2.24, 2.45) is 0 Å². The molecule has 6 rings (SSSR count). The molecule has 0 atom stereocenters. The van der Waals surface area contributed by atoms with Gasteiger partial charge in [-0.05, 0) is 51.9 Å². The van der Waals surface area contributed by atoms with Crippen molar-refractivity contribution in [3.8, 4) is 11.3 Å². The lowest BCUT2D eigenvalue weighted by atomic mass is 10.1. The quantitative estimate of drug-likeness (QED) is 0.364. The van der Waals surface area contributed by atoms with Crippen LogP contribution in [0.4, 0.5) is 5.82 Å². The highest BCUT2D eigenvalue weighted by atomic mass is 32.2. The monoisotopic (exact) mass is 480 g/mol. The fraction of sp³-hybridized carbons (Fsp3) is 0.143. The molecule has 7 heteroatoms. The number of anilines is 1. The minimum Gasteiger partial charge on any atom is -0.352 e. The molecular formula is C28H24N4O2S. The van der Waals surface area contributed by atoms with Crippen LogP contribution in [0.25, 0.3) is 32.8 Å². The van der Waals surface area contributed by atoms with E-state index in [9.17, 15) is 8.42 Å². The van der Waals surface area contributed by atoms with Crippen molar-refractivity contribution in [3.63, 3.8) is 0 Å². The lowest BCUT2D eigenvalue weighted by Gasteiger charge is -2.34. The van der Waals surface area contributed by atoms with E-state index < -0.39 is 10.0 Å². The Morgan fingerprint density at radius 1 is 0.600 bits per heavy atom. The summed E-state index contributed by atoms with van der Waals surface area (Å²) in [6.07, 6.45) is 0. The van der Waals surface area contributed by atoms with Crippen LogP contribution in [0.2, 0.25) is 0 Å². The van der Waals surface area contributed by atoms with E-state index in [0.29, 0.717) is 31.1 Å². The molecule has 2 heterocycles. The molecule has 6 nitrogen and oxygen atoms in total. The Hall–Kier alpha value is -3.81. The van der Waals surface area contributed by atoms with Gasteiger partial charge in [0.15, 0.2) is 5.82 Å². The van der Waals surface area contributed by atoms with Crippen molar-refractivity contribution >= 4 is 37.4 Å². The molecule has 174 valence electrons. The molecule has 1 saturated heterocycles. The van der Waals surface area contributed by atoms with Gasteiger partial charge < -0.3 is 4.90 Å². The summed E-state index contributed by atoms with van der Waals surface area (Å²) in [5.41, 5.74) is 1.84. The van der Waals surface area contributed by atoms with Crippen molar-refractivity contribution in [1.82, 2.24) is 14.5 Å². The first kappa shape index (κ1) is 21.7. The molecule has 0 radical (unpaired) electrons. The molecule has 0 amide bonds. The summed E-state index contributed by atoms with van der Waals surface area (Å²) in [6.45, 7) is 1.94. The maximum atomic E-state index is 13.2. The minimum absolute atomic E-state index is 0.337. The molecule has 1 aliphatic rings. The smallest absolute Gasteiger partial charge is 0.243 e. The summed E-state index contributed by atoms with van der Waals surface area (Å²) in [4.78, 5) is 2.42. The zero-order valence-electron chi connectivity index (χ0n) is 19.1. The molecule has 0 bridgehead atoms. The molecular weight excluding hydrogens is 456 g/mol. The Kier molecular flexibility index (Phi) is 5.43. The number of nitrogens with zero attached hydrogens (tertiary/aromatic N) is 4. The Balaban J connectivity index is 1.16. The van der Waals surface area contributed by atoms with E-state index in [2.05, 4.69) is 45.4 Å². The Morgan fingerprint density at radius 3 is 1.89 bits per heavy atom. The molecule has 1 aromatic heterocycles. The molecule has 0 saturated carbocycles. The van der Waals surface area contributed by atoms with Crippen LogP contribution in [0.1, 0.15) is 0 Å². The van der Waals surface area contributed by atoms with Crippen LogP contribution in [0.15, 0.2) is 102 Å². The van der Waals surface area contributed by atoms with Gasteiger partial charge in [0.2, 0.25) is 10.0 Å². The zero-order chi connectivity index (χ0) is 23.8. The summed E-state index contributed by atoms with van der Waals surface area (Å²) in [7, 11) is -3.55. The highest BCUT2D eigenvalue weighted by Gasteiger charge is 2.29. The van der Waals surface area contributed by atoms with Crippen LogP contribution in [0.3, 0.4) is 0 Å². The van der Waals surface area contributed by atoms with E-state index in [4.69, 9.17) is 0 Å². The van der Waals surface area contributed by atoms with Gasteiger partial charge in [-0.15, -0.1) is 10.2 Å². The Labute approximate surface area is 204 Å².